The van der Waals surface area contributed by atoms with Crippen molar-refractivity contribution in [3.05, 3.63) is 0 Å². The van der Waals surface area contributed by atoms with Crippen LogP contribution in [-0.2, 0) is 4.74 Å². The fourth-order valence-corrected chi connectivity index (χ4v) is 1.55. The predicted octanol–water partition coefficient (Wildman–Crippen LogP) is -1.53. The summed E-state index contributed by atoms with van der Waals surface area (Å²) in [7, 11) is 0. The second-order valence-corrected chi connectivity index (χ2v) is 3.77. The summed E-state index contributed by atoms with van der Waals surface area (Å²) < 4.78 is 5.20. The molecule has 1 fully saturated rings. The molecule has 84 valence electrons. The van der Waals surface area contributed by atoms with Gasteiger partial charge in [-0.25, -0.2) is 0 Å². The predicted molar refractivity (Wildman–Crippen MR) is 51.0 cm³/mol. The van der Waals surface area contributed by atoms with E-state index in [1.54, 1.807) is 0 Å². The minimum Gasteiger partial charge on any atom is -0.394 e. The maximum Gasteiger partial charge on any atom is 0.0895 e. The number of hydrogen-bond acceptors (Lipinski definition) is 5. The molecule has 1 saturated heterocycles. The molecule has 4 N–H and O–H groups in total. The van der Waals surface area contributed by atoms with Crippen LogP contribution in [0.1, 0.15) is 12.8 Å². The Balaban J connectivity index is 2.36. The molecule has 0 aromatic carbocycles. The molecule has 1 rings (SSSR count). The van der Waals surface area contributed by atoms with Gasteiger partial charge in [-0.15, -0.1) is 0 Å². The molecular formula is C9H19NO4. The van der Waals surface area contributed by atoms with Crippen molar-refractivity contribution < 1.29 is 20.1 Å². The average Bonchev–Trinajstić information content (AvgIpc) is 2.27. The second-order valence-electron chi connectivity index (χ2n) is 3.77. The van der Waals surface area contributed by atoms with E-state index in [0.717, 1.165) is 12.8 Å². The minimum atomic E-state index is -0.763. The van der Waals surface area contributed by atoms with Gasteiger partial charge < -0.3 is 25.4 Å². The van der Waals surface area contributed by atoms with Gasteiger partial charge in [0.2, 0.25) is 0 Å². The van der Waals surface area contributed by atoms with E-state index in [-0.39, 0.29) is 18.8 Å². The number of ether oxygens (including phenoxy) is 1. The maximum atomic E-state index is 9.26. The summed E-state index contributed by atoms with van der Waals surface area (Å²) in [6, 6.07) is 0. The molecule has 0 radical (unpaired) electrons. The van der Waals surface area contributed by atoms with Crippen LogP contribution in [0.4, 0.5) is 0 Å². The molecule has 5 heteroatoms. The first-order valence-electron chi connectivity index (χ1n) is 4.95. The molecule has 0 amide bonds. The number of hydrogen-bond donors (Lipinski definition) is 4. The molecule has 0 bridgehead atoms. The van der Waals surface area contributed by atoms with Crippen molar-refractivity contribution in [2.45, 2.75) is 24.5 Å². The lowest BCUT2D eigenvalue weighted by Crippen LogP contribution is -2.54. The molecule has 0 unspecified atom stereocenters. The molecule has 14 heavy (non-hydrogen) atoms. The van der Waals surface area contributed by atoms with Crippen LogP contribution in [-0.4, -0.2) is 59.9 Å². The van der Waals surface area contributed by atoms with E-state index in [2.05, 4.69) is 5.32 Å². The summed E-state index contributed by atoms with van der Waals surface area (Å²) in [6.45, 7) is 1.34. The second kappa shape index (κ2) is 5.63. The van der Waals surface area contributed by atoms with E-state index in [9.17, 15) is 10.2 Å². The molecule has 1 aliphatic heterocycles. The third-order valence-electron chi connectivity index (χ3n) is 2.68. The van der Waals surface area contributed by atoms with Crippen molar-refractivity contribution in [1.29, 1.82) is 0 Å². The average molecular weight is 205 g/mol. The van der Waals surface area contributed by atoms with Gasteiger partial charge in [-0.1, -0.05) is 0 Å². The number of aliphatic hydroxyl groups is 3. The topological polar surface area (TPSA) is 82.0 Å². The highest BCUT2D eigenvalue weighted by Gasteiger charge is 2.31. The SMILES string of the molecule is OC[C@@H](O)CNC1(CO)CCOCC1. The van der Waals surface area contributed by atoms with Crippen LogP contribution in [0.15, 0.2) is 0 Å². The van der Waals surface area contributed by atoms with Crippen molar-refractivity contribution in [3.8, 4) is 0 Å². The molecule has 5 nitrogen and oxygen atoms in total. The Morgan fingerprint density at radius 1 is 1.29 bits per heavy atom. The van der Waals surface area contributed by atoms with Gasteiger partial charge in [0.1, 0.15) is 0 Å². The standard InChI is InChI=1S/C9H19NO4/c11-6-8(13)5-10-9(7-12)1-3-14-4-2-9/h8,10-13H,1-7H2/t8-/m0/s1. The first-order valence-corrected chi connectivity index (χ1v) is 4.95. The van der Waals surface area contributed by atoms with Crippen molar-refractivity contribution >= 4 is 0 Å². The summed E-state index contributed by atoms with van der Waals surface area (Å²) in [5.41, 5.74) is -0.339. The lowest BCUT2D eigenvalue weighted by molar-refractivity contribution is 0.00233. The van der Waals surface area contributed by atoms with Crippen LogP contribution in [0.25, 0.3) is 0 Å². The van der Waals surface area contributed by atoms with Gasteiger partial charge >= 0.3 is 0 Å². The number of rotatable bonds is 5. The Morgan fingerprint density at radius 2 is 1.93 bits per heavy atom. The largest absolute Gasteiger partial charge is 0.394 e. The van der Waals surface area contributed by atoms with E-state index in [0.29, 0.717) is 19.8 Å². The Hall–Kier alpha value is -0.200. The Kier molecular flexibility index (Phi) is 4.77. The fraction of sp³-hybridized carbons (Fsp3) is 1.00. The molecule has 0 aromatic rings. The van der Waals surface area contributed by atoms with Crippen molar-refractivity contribution in [2.24, 2.45) is 0 Å². The normalized spacial score (nSPS) is 23.4. The van der Waals surface area contributed by atoms with E-state index in [1.165, 1.54) is 0 Å². The first-order chi connectivity index (χ1) is 6.72. The van der Waals surface area contributed by atoms with Crippen LogP contribution in [0.3, 0.4) is 0 Å². The summed E-state index contributed by atoms with van der Waals surface area (Å²) >= 11 is 0. The van der Waals surface area contributed by atoms with Crippen molar-refractivity contribution in [3.63, 3.8) is 0 Å². The summed E-state index contributed by atoms with van der Waals surface area (Å²) in [5, 5.41) is 30.2. The number of aliphatic hydroxyl groups excluding tert-OH is 3. The lowest BCUT2D eigenvalue weighted by atomic mass is 9.91. The molecule has 0 spiro atoms. The van der Waals surface area contributed by atoms with E-state index >= 15 is 0 Å². The monoisotopic (exact) mass is 205 g/mol. The van der Waals surface area contributed by atoms with Crippen molar-refractivity contribution in [1.82, 2.24) is 5.32 Å². The van der Waals surface area contributed by atoms with Gasteiger partial charge in [-0.3, -0.25) is 0 Å². The highest BCUT2D eigenvalue weighted by atomic mass is 16.5. The summed E-state index contributed by atoms with van der Waals surface area (Å²) in [4.78, 5) is 0. The van der Waals surface area contributed by atoms with Crippen LogP contribution in [0.2, 0.25) is 0 Å². The smallest absolute Gasteiger partial charge is 0.0895 e. The molecule has 1 aliphatic rings. The first kappa shape index (κ1) is 11.9. The van der Waals surface area contributed by atoms with Crippen molar-refractivity contribution in [2.75, 3.05) is 33.0 Å². The molecule has 0 saturated carbocycles. The van der Waals surface area contributed by atoms with Gasteiger partial charge in [0, 0.05) is 25.3 Å². The minimum absolute atomic E-state index is 0.0362. The number of nitrogens with one attached hydrogen (secondary N) is 1. The van der Waals surface area contributed by atoms with Gasteiger partial charge in [0.05, 0.1) is 19.3 Å². The highest BCUT2D eigenvalue weighted by molar-refractivity contribution is 4.90. The fourth-order valence-electron chi connectivity index (χ4n) is 1.55. The van der Waals surface area contributed by atoms with Crippen LogP contribution < -0.4 is 5.32 Å². The van der Waals surface area contributed by atoms with Gasteiger partial charge in [0.25, 0.3) is 0 Å². The molecule has 0 aromatic heterocycles. The van der Waals surface area contributed by atoms with E-state index < -0.39 is 6.10 Å². The molecule has 1 atom stereocenters. The third-order valence-corrected chi connectivity index (χ3v) is 2.68. The molecule has 1 heterocycles. The summed E-state index contributed by atoms with van der Waals surface area (Å²) in [6.07, 6.45) is 0.713. The Labute approximate surface area is 83.7 Å². The Bertz CT molecular complexity index is 159. The van der Waals surface area contributed by atoms with Gasteiger partial charge in [0.15, 0.2) is 0 Å². The summed E-state index contributed by atoms with van der Waals surface area (Å²) in [5.74, 6) is 0. The quantitative estimate of drug-likeness (QED) is 0.438. The zero-order chi connectivity index (χ0) is 10.4. The van der Waals surface area contributed by atoms with Crippen LogP contribution in [0.5, 0.6) is 0 Å². The van der Waals surface area contributed by atoms with Gasteiger partial charge in [-0.2, -0.15) is 0 Å². The highest BCUT2D eigenvalue weighted by Crippen LogP contribution is 2.19. The maximum absolute atomic E-state index is 9.26. The number of β-amino-alcohol motifs (C(OH)–C–C–N with tert-alkyl or cyclic N) is 1. The van der Waals surface area contributed by atoms with E-state index in [4.69, 9.17) is 9.84 Å². The zero-order valence-corrected chi connectivity index (χ0v) is 8.28. The van der Waals surface area contributed by atoms with Crippen LogP contribution >= 0.6 is 0 Å². The van der Waals surface area contributed by atoms with Gasteiger partial charge in [-0.05, 0) is 12.8 Å². The Morgan fingerprint density at radius 3 is 2.43 bits per heavy atom. The molecular weight excluding hydrogens is 186 g/mol. The van der Waals surface area contributed by atoms with E-state index in [1.807, 2.05) is 0 Å². The third kappa shape index (κ3) is 3.18. The lowest BCUT2D eigenvalue weighted by Gasteiger charge is -2.37. The zero-order valence-electron chi connectivity index (χ0n) is 8.28. The molecule has 0 aliphatic carbocycles. The van der Waals surface area contributed by atoms with Crippen LogP contribution in [0, 0.1) is 0 Å².